The smallest absolute Gasteiger partial charge is 0.125 e. The number of aromatic nitrogens is 3. The van der Waals surface area contributed by atoms with Gasteiger partial charge in [-0.15, -0.1) is 5.10 Å². The van der Waals surface area contributed by atoms with E-state index in [1.165, 1.54) is 18.6 Å². The maximum absolute atomic E-state index is 13.3. The van der Waals surface area contributed by atoms with E-state index in [9.17, 15) is 9.50 Å². The standard InChI is InChI=1S/C13H14FN3O/c14-10-5-2-6-11(7-10)17-13(9-3-1-4-9)12(8-18)15-16-17/h2,5-7,9,18H,1,3-4,8H2. The number of rotatable bonds is 3. The van der Waals surface area contributed by atoms with Gasteiger partial charge in [0.15, 0.2) is 0 Å². The van der Waals surface area contributed by atoms with E-state index >= 15 is 0 Å². The van der Waals surface area contributed by atoms with E-state index in [1.807, 2.05) is 0 Å². The van der Waals surface area contributed by atoms with Gasteiger partial charge in [-0.1, -0.05) is 17.7 Å². The monoisotopic (exact) mass is 247 g/mol. The zero-order valence-corrected chi connectivity index (χ0v) is 9.88. The fourth-order valence-corrected chi connectivity index (χ4v) is 2.32. The lowest BCUT2D eigenvalue weighted by atomic mass is 9.82. The van der Waals surface area contributed by atoms with Crippen LogP contribution in [-0.4, -0.2) is 20.1 Å². The molecule has 0 radical (unpaired) electrons. The molecule has 2 aromatic rings. The van der Waals surface area contributed by atoms with Gasteiger partial charge in [-0.05, 0) is 31.0 Å². The Kier molecular flexibility index (Phi) is 2.83. The van der Waals surface area contributed by atoms with Gasteiger partial charge in [-0.2, -0.15) is 0 Å². The molecule has 0 aliphatic heterocycles. The van der Waals surface area contributed by atoms with Crippen molar-refractivity contribution in [2.24, 2.45) is 0 Å². The number of aliphatic hydroxyl groups is 1. The predicted octanol–water partition coefficient (Wildman–Crippen LogP) is 2.17. The van der Waals surface area contributed by atoms with Crippen molar-refractivity contribution in [3.8, 4) is 5.69 Å². The van der Waals surface area contributed by atoms with Gasteiger partial charge in [0.25, 0.3) is 0 Å². The molecule has 0 unspecified atom stereocenters. The van der Waals surface area contributed by atoms with Gasteiger partial charge in [0.2, 0.25) is 0 Å². The molecule has 4 nitrogen and oxygen atoms in total. The molecule has 1 aromatic carbocycles. The average Bonchev–Trinajstić information content (AvgIpc) is 2.70. The highest BCUT2D eigenvalue weighted by Crippen LogP contribution is 2.38. The van der Waals surface area contributed by atoms with E-state index in [2.05, 4.69) is 10.3 Å². The molecule has 1 aromatic heterocycles. The molecule has 1 saturated carbocycles. The summed E-state index contributed by atoms with van der Waals surface area (Å²) >= 11 is 0. The van der Waals surface area contributed by atoms with Crippen LogP contribution in [0.4, 0.5) is 4.39 Å². The Balaban J connectivity index is 2.08. The number of halogens is 1. The summed E-state index contributed by atoms with van der Waals surface area (Å²) in [7, 11) is 0. The minimum Gasteiger partial charge on any atom is -0.390 e. The second-order valence-corrected chi connectivity index (χ2v) is 4.60. The second kappa shape index (κ2) is 4.49. The van der Waals surface area contributed by atoms with E-state index in [0.717, 1.165) is 18.5 Å². The first-order valence-corrected chi connectivity index (χ1v) is 6.11. The van der Waals surface area contributed by atoms with Crippen molar-refractivity contribution >= 4 is 0 Å². The van der Waals surface area contributed by atoms with Gasteiger partial charge in [0.1, 0.15) is 11.5 Å². The highest BCUT2D eigenvalue weighted by molar-refractivity contribution is 5.35. The quantitative estimate of drug-likeness (QED) is 0.904. The fourth-order valence-electron chi connectivity index (χ4n) is 2.32. The van der Waals surface area contributed by atoms with Crippen molar-refractivity contribution in [3.63, 3.8) is 0 Å². The van der Waals surface area contributed by atoms with E-state index < -0.39 is 0 Å². The highest BCUT2D eigenvalue weighted by Gasteiger charge is 2.27. The first kappa shape index (κ1) is 11.3. The normalized spacial score (nSPS) is 15.7. The molecule has 0 spiro atoms. The number of nitrogens with zero attached hydrogens (tertiary/aromatic N) is 3. The van der Waals surface area contributed by atoms with Gasteiger partial charge < -0.3 is 5.11 Å². The van der Waals surface area contributed by atoms with Crippen molar-refractivity contribution in [2.75, 3.05) is 0 Å². The summed E-state index contributed by atoms with van der Waals surface area (Å²) in [6.45, 7) is -0.124. The molecule has 94 valence electrons. The molecule has 1 heterocycles. The molecule has 18 heavy (non-hydrogen) atoms. The maximum Gasteiger partial charge on any atom is 0.125 e. The summed E-state index contributed by atoms with van der Waals surface area (Å²) < 4.78 is 14.9. The molecule has 3 rings (SSSR count). The van der Waals surface area contributed by atoms with Crippen LogP contribution in [0.5, 0.6) is 0 Å². The van der Waals surface area contributed by atoms with Crippen molar-refractivity contribution in [3.05, 3.63) is 41.5 Å². The molecule has 1 aliphatic carbocycles. The predicted molar refractivity (Wildman–Crippen MR) is 63.8 cm³/mol. The van der Waals surface area contributed by atoms with Crippen LogP contribution in [0.25, 0.3) is 5.69 Å². The molecule has 5 heteroatoms. The van der Waals surface area contributed by atoms with Crippen LogP contribution in [0.2, 0.25) is 0 Å². The molecule has 0 amide bonds. The Morgan fingerprint density at radius 2 is 2.22 bits per heavy atom. The van der Waals surface area contributed by atoms with Gasteiger partial charge >= 0.3 is 0 Å². The molecular weight excluding hydrogens is 233 g/mol. The SMILES string of the molecule is OCc1nnn(-c2cccc(F)c2)c1C1CCC1. The number of hydrogen-bond acceptors (Lipinski definition) is 3. The second-order valence-electron chi connectivity index (χ2n) is 4.60. The van der Waals surface area contributed by atoms with Crippen LogP contribution in [0, 0.1) is 5.82 Å². The van der Waals surface area contributed by atoms with Crippen molar-refractivity contribution in [1.29, 1.82) is 0 Å². The lowest BCUT2D eigenvalue weighted by molar-refractivity contribution is 0.272. The van der Waals surface area contributed by atoms with Gasteiger partial charge in [-0.25, -0.2) is 9.07 Å². The lowest BCUT2D eigenvalue weighted by Gasteiger charge is -2.26. The molecule has 0 bridgehead atoms. The van der Waals surface area contributed by atoms with Gasteiger partial charge in [0, 0.05) is 5.92 Å². The third-order valence-electron chi connectivity index (χ3n) is 3.47. The minimum atomic E-state index is -0.298. The van der Waals surface area contributed by atoms with Crippen molar-refractivity contribution < 1.29 is 9.50 Å². The molecule has 1 N–H and O–H groups in total. The number of benzene rings is 1. The van der Waals surface area contributed by atoms with Crippen LogP contribution in [0.1, 0.15) is 36.6 Å². The van der Waals surface area contributed by atoms with Crippen LogP contribution in [0.15, 0.2) is 24.3 Å². The van der Waals surface area contributed by atoms with E-state index in [-0.39, 0.29) is 12.4 Å². The topological polar surface area (TPSA) is 50.9 Å². The fraction of sp³-hybridized carbons (Fsp3) is 0.385. The Hall–Kier alpha value is -1.75. The highest BCUT2D eigenvalue weighted by atomic mass is 19.1. The van der Waals surface area contributed by atoms with Gasteiger partial charge in [0.05, 0.1) is 18.0 Å². The minimum absolute atomic E-state index is 0.124. The average molecular weight is 247 g/mol. The van der Waals surface area contributed by atoms with Crippen molar-refractivity contribution in [1.82, 2.24) is 15.0 Å². The zero-order valence-electron chi connectivity index (χ0n) is 9.88. The first-order valence-electron chi connectivity index (χ1n) is 6.11. The third-order valence-corrected chi connectivity index (χ3v) is 3.47. The first-order chi connectivity index (χ1) is 8.79. The summed E-state index contributed by atoms with van der Waals surface area (Å²) in [5.41, 5.74) is 2.18. The third kappa shape index (κ3) is 1.80. The van der Waals surface area contributed by atoms with Crippen LogP contribution in [-0.2, 0) is 6.61 Å². The molecule has 1 aliphatic rings. The summed E-state index contributed by atoms with van der Waals surface area (Å²) in [4.78, 5) is 0. The van der Waals surface area contributed by atoms with Crippen molar-refractivity contribution in [2.45, 2.75) is 31.8 Å². The van der Waals surface area contributed by atoms with E-state index in [0.29, 0.717) is 17.3 Å². The van der Waals surface area contributed by atoms with Crippen LogP contribution >= 0.6 is 0 Å². The Bertz CT molecular complexity index is 563. The largest absolute Gasteiger partial charge is 0.390 e. The summed E-state index contributed by atoms with van der Waals surface area (Å²) in [5.74, 6) is 0.0820. The number of aliphatic hydroxyl groups excluding tert-OH is 1. The molecular formula is C13H14FN3O. The van der Waals surface area contributed by atoms with Crippen LogP contribution < -0.4 is 0 Å². The van der Waals surface area contributed by atoms with Crippen LogP contribution in [0.3, 0.4) is 0 Å². The summed E-state index contributed by atoms with van der Waals surface area (Å²) in [6, 6.07) is 6.27. The molecule has 0 atom stereocenters. The van der Waals surface area contributed by atoms with Gasteiger partial charge in [-0.3, -0.25) is 0 Å². The van der Waals surface area contributed by atoms with E-state index in [4.69, 9.17) is 0 Å². The van der Waals surface area contributed by atoms with E-state index in [1.54, 1.807) is 16.8 Å². The zero-order chi connectivity index (χ0) is 12.5. The Morgan fingerprint density at radius 3 is 2.83 bits per heavy atom. The molecule has 1 fully saturated rings. The number of hydrogen-bond donors (Lipinski definition) is 1. The Morgan fingerprint density at radius 1 is 1.39 bits per heavy atom. The molecule has 0 saturated heterocycles. The Labute approximate surface area is 104 Å². The summed E-state index contributed by atoms with van der Waals surface area (Å²) in [6.07, 6.45) is 3.34. The lowest BCUT2D eigenvalue weighted by Crippen LogP contribution is -2.16. The maximum atomic E-state index is 13.3. The summed E-state index contributed by atoms with van der Waals surface area (Å²) in [5, 5.41) is 17.3.